The SMILES string of the molecule is C=C(C)C(=O)OCCOc1cc(C2CCCCC2)cc(OCCOC(=O)C(=C)C)c1-c1ccc(CCCO)cc1. The largest absolute Gasteiger partial charge is 0.489 e. The Morgan fingerprint density at radius 2 is 1.35 bits per heavy atom. The summed E-state index contributed by atoms with van der Waals surface area (Å²) in [5.41, 5.74) is 4.64. The topological polar surface area (TPSA) is 91.3 Å². The molecule has 7 heteroatoms. The molecule has 0 spiro atoms. The number of rotatable bonds is 15. The molecule has 2 aromatic rings. The lowest BCUT2D eigenvalue weighted by Gasteiger charge is -2.25. The molecule has 0 atom stereocenters. The van der Waals surface area contributed by atoms with Crippen LogP contribution in [-0.4, -0.2) is 50.1 Å². The van der Waals surface area contributed by atoms with E-state index in [9.17, 15) is 14.7 Å². The van der Waals surface area contributed by atoms with Gasteiger partial charge in [-0.3, -0.25) is 0 Å². The minimum atomic E-state index is -0.452. The predicted octanol–water partition coefficient (Wildman–Crippen LogP) is 6.32. The van der Waals surface area contributed by atoms with E-state index in [1.807, 2.05) is 24.3 Å². The van der Waals surface area contributed by atoms with Gasteiger partial charge in [0.1, 0.15) is 37.9 Å². The molecule has 1 aliphatic carbocycles. The van der Waals surface area contributed by atoms with Crippen molar-refractivity contribution in [1.82, 2.24) is 0 Å². The first-order chi connectivity index (χ1) is 19.3. The molecule has 0 amide bonds. The van der Waals surface area contributed by atoms with Crippen LogP contribution in [0, 0.1) is 0 Å². The second-order valence-corrected chi connectivity index (χ2v) is 10.3. The summed E-state index contributed by atoms with van der Waals surface area (Å²) in [5, 5.41) is 9.20. The third-order valence-electron chi connectivity index (χ3n) is 6.88. The van der Waals surface area contributed by atoms with Crippen LogP contribution in [-0.2, 0) is 25.5 Å². The average molecular weight is 551 g/mol. The summed E-state index contributed by atoms with van der Waals surface area (Å²) in [4.78, 5) is 23.7. The third kappa shape index (κ3) is 9.26. The van der Waals surface area contributed by atoms with E-state index in [1.54, 1.807) is 13.8 Å². The minimum absolute atomic E-state index is 0.0892. The number of aryl methyl sites for hydroxylation is 1. The van der Waals surface area contributed by atoms with E-state index in [0.717, 1.165) is 41.5 Å². The van der Waals surface area contributed by atoms with Crippen LogP contribution in [0.5, 0.6) is 11.5 Å². The number of aliphatic hydroxyl groups is 1. The molecular weight excluding hydrogens is 508 g/mol. The average Bonchev–Trinajstić information content (AvgIpc) is 2.96. The maximum absolute atomic E-state index is 11.8. The first kappa shape index (κ1) is 31.0. The Morgan fingerprint density at radius 3 is 1.82 bits per heavy atom. The molecule has 216 valence electrons. The molecular formula is C33H42O7. The fourth-order valence-corrected chi connectivity index (χ4v) is 4.73. The molecule has 0 unspecified atom stereocenters. The van der Waals surface area contributed by atoms with Crippen LogP contribution in [0.15, 0.2) is 60.7 Å². The van der Waals surface area contributed by atoms with Gasteiger partial charge in [0.05, 0.1) is 5.56 Å². The standard InChI is InChI=1S/C33H42O7/c1-23(2)32(35)39-19-17-37-29-21-28(26-10-6-5-7-11-26)22-30(38-18-20-40-33(36)24(3)4)31(29)27-14-12-25(13-15-27)9-8-16-34/h12-15,21-22,26,34H,1,3,5-11,16-20H2,2,4H3. The quantitative estimate of drug-likeness (QED) is 0.158. The van der Waals surface area contributed by atoms with Crippen molar-refractivity contribution in [2.45, 2.75) is 64.7 Å². The maximum Gasteiger partial charge on any atom is 0.333 e. The fraction of sp³-hybridized carbons (Fsp3) is 0.455. The van der Waals surface area contributed by atoms with Crippen LogP contribution in [0.2, 0.25) is 0 Å². The number of esters is 2. The van der Waals surface area contributed by atoms with Crippen LogP contribution in [0.1, 0.15) is 69.4 Å². The monoisotopic (exact) mass is 550 g/mol. The van der Waals surface area contributed by atoms with Gasteiger partial charge in [-0.25, -0.2) is 9.59 Å². The van der Waals surface area contributed by atoms with E-state index in [2.05, 4.69) is 25.3 Å². The van der Waals surface area contributed by atoms with Crippen LogP contribution >= 0.6 is 0 Å². The highest BCUT2D eigenvalue weighted by molar-refractivity contribution is 5.87. The summed E-state index contributed by atoms with van der Waals surface area (Å²) in [6, 6.07) is 12.3. The number of aliphatic hydroxyl groups excluding tert-OH is 1. The number of hydrogen-bond acceptors (Lipinski definition) is 7. The van der Waals surface area contributed by atoms with Gasteiger partial charge in [0.15, 0.2) is 0 Å². The molecule has 0 heterocycles. The zero-order valence-electron chi connectivity index (χ0n) is 23.8. The molecule has 2 aromatic carbocycles. The van der Waals surface area contributed by atoms with Crippen molar-refractivity contribution in [3.8, 4) is 22.6 Å². The Morgan fingerprint density at radius 1 is 0.825 bits per heavy atom. The van der Waals surface area contributed by atoms with Crippen LogP contribution in [0.25, 0.3) is 11.1 Å². The Bertz CT molecular complexity index is 1100. The van der Waals surface area contributed by atoms with Crippen molar-refractivity contribution >= 4 is 11.9 Å². The number of benzene rings is 2. The maximum atomic E-state index is 11.8. The summed E-state index contributed by atoms with van der Waals surface area (Å²) in [5.74, 6) is 0.784. The number of hydrogen-bond donors (Lipinski definition) is 1. The Kier molecular flexibility index (Phi) is 12.3. The molecule has 1 N–H and O–H groups in total. The van der Waals surface area contributed by atoms with E-state index < -0.39 is 11.9 Å². The molecule has 1 saturated carbocycles. The Balaban J connectivity index is 1.94. The number of carbonyl (C=O) groups excluding carboxylic acids is 2. The molecule has 40 heavy (non-hydrogen) atoms. The summed E-state index contributed by atoms with van der Waals surface area (Å²) >= 11 is 0. The van der Waals surface area contributed by atoms with Crippen LogP contribution in [0.4, 0.5) is 0 Å². The lowest BCUT2D eigenvalue weighted by atomic mass is 9.83. The third-order valence-corrected chi connectivity index (χ3v) is 6.88. The lowest BCUT2D eigenvalue weighted by molar-refractivity contribution is -0.140. The summed E-state index contributed by atoms with van der Waals surface area (Å²) in [6.45, 7) is 11.1. The molecule has 0 aromatic heterocycles. The smallest absolute Gasteiger partial charge is 0.333 e. The van der Waals surface area contributed by atoms with Gasteiger partial charge in [-0.05, 0) is 74.3 Å². The van der Waals surface area contributed by atoms with Crippen LogP contribution < -0.4 is 9.47 Å². The molecule has 3 rings (SSSR count). The summed E-state index contributed by atoms with van der Waals surface area (Å²) in [7, 11) is 0. The van der Waals surface area contributed by atoms with E-state index in [0.29, 0.717) is 35.0 Å². The Labute approximate surface area is 237 Å². The lowest BCUT2D eigenvalue weighted by Crippen LogP contribution is -2.15. The van der Waals surface area contributed by atoms with E-state index in [-0.39, 0.29) is 33.0 Å². The van der Waals surface area contributed by atoms with E-state index in [4.69, 9.17) is 18.9 Å². The zero-order valence-corrected chi connectivity index (χ0v) is 23.8. The first-order valence-corrected chi connectivity index (χ1v) is 14.1. The number of ether oxygens (including phenoxy) is 4. The highest BCUT2D eigenvalue weighted by atomic mass is 16.6. The molecule has 0 radical (unpaired) electrons. The van der Waals surface area contributed by atoms with Crippen molar-refractivity contribution in [2.24, 2.45) is 0 Å². The summed E-state index contributed by atoms with van der Waals surface area (Å²) < 4.78 is 23.0. The van der Waals surface area contributed by atoms with E-state index in [1.165, 1.54) is 19.3 Å². The second kappa shape index (κ2) is 15.9. The first-order valence-electron chi connectivity index (χ1n) is 14.1. The van der Waals surface area contributed by atoms with Crippen molar-refractivity contribution in [3.05, 3.63) is 71.8 Å². The van der Waals surface area contributed by atoms with Crippen molar-refractivity contribution < 1.29 is 33.6 Å². The second-order valence-electron chi connectivity index (χ2n) is 10.3. The van der Waals surface area contributed by atoms with Gasteiger partial charge in [0.25, 0.3) is 0 Å². The predicted molar refractivity (Wildman–Crippen MR) is 156 cm³/mol. The molecule has 0 bridgehead atoms. The molecule has 0 saturated heterocycles. The molecule has 1 fully saturated rings. The summed E-state index contributed by atoms with van der Waals surface area (Å²) in [6.07, 6.45) is 7.29. The van der Waals surface area contributed by atoms with Crippen molar-refractivity contribution in [1.29, 1.82) is 0 Å². The van der Waals surface area contributed by atoms with Gasteiger partial charge in [-0.1, -0.05) is 56.7 Å². The number of carbonyl (C=O) groups is 2. The molecule has 7 nitrogen and oxygen atoms in total. The van der Waals surface area contributed by atoms with Gasteiger partial charge in [-0.15, -0.1) is 0 Å². The van der Waals surface area contributed by atoms with Crippen LogP contribution in [0.3, 0.4) is 0 Å². The highest BCUT2D eigenvalue weighted by Crippen LogP contribution is 2.44. The Hall–Kier alpha value is -3.58. The van der Waals surface area contributed by atoms with Gasteiger partial charge in [0, 0.05) is 17.8 Å². The zero-order chi connectivity index (χ0) is 28.9. The van der Waals surface area contributed by atoms with E-state index >= 15 is 0 Å². The highest BCUT2D eigenvalue weighted by Gasteiger charge is 2.22. The van der Waals surface area contributed by atoms with Crippen molar-refractivity contribution in [3.63, 3.8) is 0 Å². The van der Waals surface area contributed by atoms with Gasteiger partial charge < -0.3 is 24.1 Å². The fourth-order valence-electron chi connectivity index (χ4n) is 4.73. The molecule has 0 aliphatic heterocycles. The normalized spacial score (nSPS) is 13.4. The van der Waals surface area contributed by atoms with Gasteiger partial charge in [-0.2, -0.15) is 0 Å². The van der Waals surface area contributed by atoms with Crippen molar-refractivity contribution in [2.75, 3.05) is 33.0 Å². The van der Waals surface area contributed by atoms with Gasteiger partial charge in [0.2, 0.25) is 0 Å². The minimum Gasteiger partial charge on any atom is -0.489 e. The van der Waals surface area contributed by atoms with Gasteiger partial charge >= 0.3 is 11.9 Å². The molecule has 1 aliphatic rings.